The standard InChI is InChI=1S/C11H18N2/c1-3-5-11(13-12)10-7-4-6-9(2)8-10/h4,6-8,11,13H,3,5,12H2,1-2H3. The third-order valence-electron chi connectivity index (χ3n) is 2.22. The molecule has 0 fully saturated rings. The molecule has 0 spiro atoms. The zero-order valence-electron chi connectivity index (χ0n) is 8.38. The van der Waals surface area contributed by atoms with Gasteiger partial charge in [0.15, 0.2) is 0 Å². The summed E-state index contributed by atoms with van der Waals surface area (Å²) < 4.78 is 0. The quantitative estimate of drug-likeness (QED) is 0.548. The van der Waals surface area contributed by atoms with Crippen molar-refractivity contribution in [2.24, 2.45) is 5.84 Å². The van der Waals surface area contributed by atoms with Crippen LogP contribution in [0.2, 0.25) is 0 Å². The number of hydrazine groups is 1. The molecule has 1 unspecified atom stereocenters. The molecule has 0 aliphatic carbocycles. The minimum atomic E-state index is 0.296. The second-order valence-corrected chi connectivity index (χ2v) is 3.42. The Morgan fingerprint density at radius 2 is 2.23 bits per heavy atom. The monoisotopic (exact) mass is 178 g/mol. The van der Waals surface area contributed by atoms with Gasteiger partial charge in [-0.05, 0) is 18.9 Å². The lowest BCUT2D eigenvalue weighted by molar-refractivity contribution is 0.510. The van der Waals surface area contributed by atoms with Gasteiger partial charge in [0.1, 0.15) is 0 Å². The number of benzene rings is 1. The van der Waals surface area contributed by atoms with Crippen LogP contribution in [-0.2, 0) is 0 Å². The zero-order chi connectivity index (χ0) is 9.68. The van der Waals surface area contributed by atoms with Crippen LogP contribution in [0.15, 0.2) is 24.3 Å². The van der Waals surface area contributed by atoms with Gasteiger partial charge in [-0.3, -0.25) is 11.3 Å². The summed E-state index contributed by atoms with van der Waals surface area (Å²) in [5.74, 6) is 5.49. The van der Waals surface area contributed by atoms with Crippen molar-refractivity contribution in [2.75, 3.05) is 0 Å². The van der Waals surface area contributed by atoms with Gasteiger partial charge in [-0.15, -0.1) is 0 Å². The van der Waals surface area contributed by atoms with Crippen LogP contribution >= 0.6 is 0 Å². The van der Waals surface area contributed by atoms with E-state index in [1.54, 1.807) is 0 Å². The number of rotatable bonds is 4. The second kappa shape index (κ2) is 5.00. The van der Waals surface area contributed by atoms with E-state index in [2.05, 4.69) is 43.5 Å². The molecule has 0 bridgehead atoms. The van der Waals surface area contributed by atoms with E-state index in [-0.39, 0.29) is 0 Å². The minimum Gasteiger partial charge on any atom is -0.271 e. The molecule has 0 heterocycles. The maximum atomic E-state index is 5.49. The van der Waals surface area contributed by atoms with Gasteiger partial charge in [0, 0.05) is 6.04 Å². The van der Waals surface area contributed by atoms with Crippen LogP contribution in [-0.4, -0.2) is 0 Å². The fourth-order valence-electron chi connectivity index (χ4n) is 1.52. The summed E-state index contributed by atoms with van der Waals surface area (Å²) in [7, 11) is 0. The number of nitrogens with two attached hydrogens (primary N) is 1. The maximum Gasteiger partial charge on any atom is 0.0460 e. The maximum absolute atomic E-state index is 5.49. The van der Waals surface area contributed by atoms with Crippen molar-refractivity contribution in [2.45, 2.75) is 32.7 Å². The Morgan fingerprint density at radius 3 is 2.77 bits per heavy atom. The van der Waals surface area contributed by atoms with E-state index in [1.165, 1.54) is 11.1 Å². The molecule has 13 heavy (non-hydrogen) atoms. The average molecular weight is 178 g/mol. The van der Waals surface area contributed by atoms with E-state index >= 15 is 0 Å². The van der Waals surface area contributed by atoms with Crippen molar-refractivity contribution in [3.8, 4) is 0 Å². The molecule has 0 aromatic heterocycles. The van der Waals surface area contributed by atoms with Gasteiger partial charge >= 0.3 is 0 Å². The van der Waals surface area contributed by atoms with E-state index in [9.17, 15) is 0 Å². The van der Waals surface area contributed by atoms with Crippen molar-refractivity contribution in [3.05, 3.63) is 35.4 Å². The molecule has 1 rings (SSSR count). The summed E-state index contributed by atoms with van der Waals surface area (Å²) >= 11 is 0. The highest BCUT2D eigenvalue weighted by molar-refractivity contribution is 5.24. The van der Waals surface area contributed by atoms with E-state index in [4.69, 9.17) is 5.84 Å². The first kappa shape index (κ1) is 10.2. The number of aryl methyl sites for hydroxylation is 1. The first-order valence-corrected chi connectivity index (χ1v) is 4.80. The first-order valence-electron chi connectivity index (χ1n) is 4.80. The van der Waals surface area contributed by atoms with Gasteiger partial charge in [-0.25, -0.2) is 0 Å². The second-order valence-electron chi connectivity index (χ2n) is 3.42. The Labute approximate surface area is 80.1 Å². The largest absolute Gasteiger partial charge is 0.271 e. The van der Waals surface area contributed by atoms with E-state index in [1.807, 2.05) is 0 Å². The normalized spacial score (nSPS) is 12.8. The molecule has 0 amide bonds. The van der Waals surface area contributed by atoms with Crippen molar-refractivity contribution >= 4 is 0 Å². The van der Waals surface area contributed by atoms with Crippen molar-refractivity contribution in [3.63, 3.8) is 0 Å². The molecule has 0 aliphatic heterocycles. The fraction of sp³-hybridized carbons (Fsp3) is 0.455. The molecule has 72 valence electrons. The van der Waals surface area contributed by atoms with Crippen molar-refractivity contribution in [1.29, 1.82) is 0 Å². The molecule has 1 aromatic rings. The molecule has 0 radical (unpaired) electrons. The highest BCUT2D eigenvalue weighted by Crippen LogP contribution is 2.18. The Bertz CT molecular complexity index is 258. The number of nitrogens with one attached hydrogen (secondary N) is 1. The van der Waals surface area contributed by atoms with Crippen LogP contribution in [0.1, 0.15) is 36.9 Å². The Hall–Kier alpha value is -0.860. The highest BCUT2D eigenvalue weighted by Gasteiger charge is 2.07. The van der Waals surface area contributed by atoms with E-state index < -0.39 is 0 Å². The smallest absolute Gasteiger partial charge is 0.0460 e. The van der Waals surface area contributed by atoms with E-state index in [0.29, 0.717) is 6.04 Å². The minimum absolute atomic E-state index is 0.296. The van der Waals surface area contributed by atoms with Crippen LogP contribution in [0.25, 0.3) is 0 Å². The molecule has 0 saturated carbocycles. The van der Waals surface area contributed by atoms with Crippen LogP contribution in [0.5, 0.6) is 0 Å². The fourth-order valence-corrected chi connectivity index (χ4v) is 1.52. The lowest BCUT2D eigenvalue weighted by atomic mass is 10.0. The molecular formula is C11H18N2. The van der Waals surface area contributed by atoms with Crippen molar-refractivity contribution in [1.82, 2.24) is 5.43 Å². The Kier molecular flexibility index (Phi) is 3.93. The van der Waals surface area contributed by atoms with Gasteiger partial charge in [-0.1, -0.05) is 43.2 Å². The summed E-state index contributed by atoms with van der Waals surface area (Å²) in [6.45, 7) is 4.27. The molecule has 3 N–H and O–H groups in total. The molecular weight excluding hydrogens is 160 g/mol. The molecule has 2 nitrogen and oxygen atoms in total. The van der Waals surface area contributed by atoms with Gasteiger partial charge in [-0.2, -0.15) is 0 Å². The molecule has 0 saturated heterocycles. The third kappa shape index (κ3) is 2.83. The van der Waals surface area contributed by atoms with E-state index in [0.717, 1.165) is 12.8 Å². The SMILES string of the molecule is CCCC(NN)c1cccc(C)c1. The molecule has 1 aromatic carbocycles. The summed E-state index contributed by atoms with van der Waals surface area (Å²) in [6, 6.07) is 8.77. The predicted molar refractivity (Wildman–Crippen MR) is 56.2 cm³/mol. The first-order chi connectivity index (χ1) is 6.27. The number of hydrogen-bond acceptors (Lipinski definition) is 2. The summed E-state index contributed by atoms with van der Waals surface area (Å²) in [4.78, 5) is 0. The Morgan fingerprint density at radius 1 is 1.46 bits per heavy atom. The van der Waals surface area contributed by atoms with Gasteiger partial charge in [0.2, 0.25) is 0 Å². The summed E-state index contributed by atoms with van der Waals surface area (Å²) in [5, 5.41) is 0. The van der Waals surface area contributed by atoms with Crippen LogP contribution in [0, 0.1) is 6.92 Å². The summed E-state index contributed by atoms with van der Waals surface area (Å²) in [5.41, 5.74) is 5.41. The average Bonchev–Trinajstić information content (AvgIpc) is 2.14. The molecule has 0 aliphatic rings. The van der Waals surface area contributed by atoms with Gasteiger partial charge in [0.05, 0.1) is 0 Å². The van der Waals surface area contributed by atoms with Crippen LogP contribution in [0.3, 0.4) is 0 Å². The summed E-state index contributed by atoms with van der Waals surface area (Å²) in [6.07, 6.45) is 2.22. The van der Waals surface area contributed by atoms with Crippen LogP contribution < -0.4 is 11.3 Å². The lowest BCUT2D eigenvalue weighted by Crippen LogP contribution is -2.27. The molecule has 1 atom stereocenters. The number of hydrogen-bond donors (Lipinski definition) is 2. The third-order valence-corrected chi connectivity index (χ3v) is 2.22. The van der Waals surface area contributed by atoms with Gasteiger partial charge in [0.25, 0.3) is 0 Å². The lowest BCUT2D eigenvalue weighted by Gasteiger charge is -2.15. The molecule has 2 heteroatoms. The van der Waals surface area contributed by atoms with Crippen molar-refractivity contribution < 1.29 is 0 Å². The van der Waals surface area contributed by atoms with Crippen LogP contribution in [0.4, 0.5) is 0 Å². The Balaban J connectivity index is 2.78. The topological polar surface area (TPSA) is 38.0 Å². The predicted octanol–water partition coefficient (Wildman–Crippen LogP) is 2.30. The zero-order valence-corrected chi connectivity index (χ0v) is 8.38. The van der Waals surface area contributed by atoms with Gasteiger partial charge < -0.3 is 0 Å². The highest BCUT2D eigenvalue weighted by atomic mass is 15.2.